The monoisotopic (exact) mass is 273 g/mol. The molecule has 0 fully saturated rings. The van der Waals surface area contributed by atoms with Crippen LogP contribution in [-0.2, 0) is 6.42 Å². The predicted octanol–water partition coefficient (Wildman–Crippen LogP) is 3.79. The van der Waals surface area contributed by atoms with E-state index in [1.54, 1.807) is 6.20 Å². The van der Waals surface area contributed by atoms with Gasteiger partial charge in [0.25, 0.3) is 0 Å². The molecule has 1 heterocycles. The second-order valence-corrected chi connectivity index (χ2v) is 4.64. The van der Waals surface area contributed by atoms with Gasteiger partial charge >= 0.3 is 0 Å². The summed E-state index contributed by atoms with van der Waals surface area (Å²) in [6.45, 7) is 0. The second-order valence-electron chi connectivity index (χ2n) is 4.64. The SMILES string of the molecule is C(=Cc1ccccc1)Cc1nncc(-c2ccccc2)n1. The van der Waals surface area contributed by atoms with Crippen LogP contribution >= 0.6 is 0 Å². The molecular formula is C18H15N3. The third kappa shape index (κ3) is 3.60. The first-order chi connectivity index (χ1) is 10.4. The molecule has 0 aliphatic carbocycles. The van der Waals surface area contributed by atoms with Gasteiger partial charge in [-0.15, -0.1) is 5.10 Å². The molecule has 3 heteroatoms. The lowest BCUT2D eigenvalue weighted by molar-refractivity contribution is 0.880. The van der Waals surface area contributed by atoms with Crippen molar-refractivity contribution in [2.24, 2.45) is 0 Å². The lowest BCUT2D eigenvalue weighted by Crippen LogP contribution is -1.97. The third-order valence-electron chi connectivity index (χ3n) is 3.08. The molecule has 0 aliphatic rings. The third-order valence-corrected chi connectivity index (χ3v) is 3.08. The summed E-state index contributed by atoms with van der Waals surface area (Å²) < 4.78 is 0. The highest BCUT2D eigenvalue weighted by atomic mass is 15.1. The lowest BCUT2D eigenvalue weighted by atomic mass is 10.1. The first kappa shape index (κ1) is 13.2. The minimum absolute atomic E-state index is 0.669. The summed E-state index contributed by atoms with van der Waals surface area (Å²) in [7, 11) is 0. The van der Waals surface area contributed by atoms with Crippen LogP contribution in [0.1, 0.15) is 11.4 Å². The van der Waals surface area contributed by atoms with E-state index in [4.69, 9.17) is 0 Å². The van der Waals surface area contributed by atoms with Crippen molar-refractivity contribution in [3.63, 3.8) is 0 Å². The number of hydrogen-bond acceptors (Lipinski definition) is 3. The highest BCUT2D eigenvalue weighted by molar-refractivity contribution is 5.57. The molecule has 2 aromatic carbocycles. The molecule has 3 nitrogen and oxygen atoms in total. The van der Waals surface area contributed by atoms with E-state index in [-0.39, 0.29) is 0 Å². The van der Waals surface area contributed by atoms with Gasteiger partial charge in [-0.25, -0.2) is 4.98 Å². The fraction of sp³-hybridized carbons (Fsp3) is 0.0556. The Hall–Kier alpha value is -2.81. The van der Waals surface area contributed by atoms with Gasteiger partial charge in [0.15, 0.2) is 5.82 Å². The Kier molecular flexibility index (Phi) is 4.12. The molecule has 0 saturated heterocycles. The molecule has 0 amide bonds. The lowest BCUT2D eigenvalue weighted by Gasteiger charge is -2.01. The van der Waals surface area contributed by atoms with Crippen molar-refractivity contribution in [3.8, 4) is 11.3 Å². The Morgan fingerprint density at radius 3 is 2.33 bits per heavy atom. The minimum Gasteiger partial charge on any atom is -0.229 e. The van der Waals surface area contributed by atoms with E-state index in [9.17, 15) is 0 Å². The quantitative estimate of drug-likeness (QED) is 0.726. The van der Waals surface area contributed by atoms with Crippen LogP contribution in [0.4, 0.5) is 0 Å². The Morgan fingerprint density at radius 1 is 0.857 bits per heavy atom. The zero-order chi connectivity index (χ0) is 14.3. The van der Waals surface area contributed by atoms with E-state index in [0.717, 1.165) is 17.1 Å². The van der Waals surface area contributed by atoms with Crippen LogP contribution in [0.25, 0.3) is 17.3 Å². The topological polar surface area (TPSA) is 38.7 Å². The number of hydrogen-bond donors (Lipinski definition) is 0. The first-order valence-corrected chi connectivity index (χ1v) is 6.87. The van der Waals surface area contributed by atoms with Gasteiger partial charge in [-0.2, -0.15) is 5.10 Å². The van der Waals surface area contributed by atoms with Crippen LogP contribution in [0.2, 0.25) is 0 Å². The minimum atomic E-state index is 0.669. The Morgan fingerprint density at radius 2 is 1.57 bits per heavy atom. The summed E-state index contributed by atoms with van der Waals surface area (Å²) in [6, 6.07) is 20.2. The zero-order valence-corrected chi connectivity index (χ0v) is 11.6. The van der Waals surface area contributed by atoms with Crippen molar-refractivity contribution in [2.45, 2.75) is 6.42 Å². The van der Waals surface area contributed by atoms with Gasteiger partial charge in [0.2, 0.25) is 0 Å². The second kappa shape index (κ2) is 6.57. The van der Waals surface area contributed by atoms with Gasteiger partial charge in [0, 0.05) is 12.0 Å². The zero-order valence-electron chi connectivity index (χ0n) is 11.6. The largest absolute Gasteiger partial charge is 0.229 e. The summed E-state index contributed by atoms with van der Waals surface area (Å²) >= 11 is 0. The van der Waals surface area contributed by atoms with Crippen LogP contribution in [0, 0.1) is 0 Å². The maximum atomic E-state index is 4.55. The van der Waals surface area contributed by atoms with E-state index in [1.807, 2.05) is 48.5 Å². The molecule has 0 radical (unpaired) electrons. The molecule has 1 aromatic heterocycles. The molecule has 3 rings (SSSR count). The van der Waals surface area contributed by atoms with Gasteiger partial charge in [0.05, 0.1) is 11.9 Å². The maximum Gasteiger partial charge on any atom is 0.155 e. The van der Waals surface area contributed by atoms with Crippen molar-refractivity contribution in [1.82, 2.24) is 15.2 Å². The van der Waals surface area contributed by atoms with Gasteiger partial charge in [0.1, 0.15) is 0 Å². The smallest absolute Gasteiger partial charge is 0.155 e. The van der Waals surface area contributed by atoms with Crippen LogP contribution in [0.5, 0.6) is 0 Å². The van der Waals surface area contributed by atoms with Gasteiger partial charge < -0.3 is 0 Å². The average Bonchev–Trinajstić information content (AvgIpc) is 2.57. The van der Waals surface area contributed by atoms with Crippen LogP contribution in [0.15, 0.2) is 72.9 Å². The Bertz CT molecular complexity index is 722. The molecule has 3 aromatic rings. The molecule has 0 saturated carbocycles. The van der Waals surface area contributed by atoms with Crippen LogP contribution in [-0.4, -0.2) is 15.2 Å². The molecule has 102 valence electrons. The summed E-state index contributed by atoms with van der Waals surface area (Å²) in [5, 5.41) is 8.12. The van der Waals surface area contributed by atoms with Crippen molar-refractivity contribution in [3.05, 3.63) is 84.3 Å². The van der Waals surface area contributed by atoms with Crippen molar-refractivity contribution in [1.29, 1.82) is 0 Å². The molecule has 0 aliphatic heterocycles. The van der Waals surface area contributed by atoms with Crippen molar-refractivity contribution < 1.29 is 0 Å². The number of nitrogens with zero attached hydrogens (tertiary/aromatic N) is 3. The van der Waals surface area contributed by atoms with Crippen molar-refractivity contribution in [2.75, 3.05) is 0 Å². The number of benzene rings is 2. The van der Waals surface area contributed by atoms with Crippen molar-refractivity contribution >= 4 is 6.08 Å². The molecule has 0 N–H and O–H groups in total. The van der Waals surface area contributed by atoms with E-state index in [1.165, 1.54) is 5.56 Å². The fourth-order valence-corrected chi connectivity index (χ4v) is 2.04. The number of allylic oxidation sites excluding steroid dienone is 1. The Balaban J connectivity index is 1.74. The van der Waals surface area contributed by atoms with Gasteiger partial charge in [-0.1, -0.05) is 72.8 Å². The first-order valence-electron chi connectivity index (χ1n) is 6.87. The van der Waals surface area contributed by atoms with Gasteiger partial charge in [-0.05, 0) is 5.56 Å². The summed E-state index contributed by atoms with van der Waals surface area (Å²) in [6.07, 6.45) is 6.49. The summed E-state index contributed by atoms with van der Waals surface area (Å²) in [5.41, 5.74) is 3.08. The molecule has 0 spiro atoms. The molecule has 0 unspecified atom stereocenters. The Labute approximate surface area is 124 Å². The summed E-state index contributed by atoms with van der Waals surface area (Å²) in [5.74, 6) is 0.725. The maximum absolute atomic E-state index is 4.55. The van der Waals surface area contributed by atoms with E-state index < -0.39 is 0 Å². The normalized spacial score (nSPS) is 10.9. The standard InChI is InChI=1S/C18H15N3/c1-3-8-15(9-4-1)10-7-13-18-20-17(14-19-21-18)16-11-5-2-6-12-16/h1-12,14H,13H2. The van der Waals surface area contributed by atoms with Gasteiger partial charge in [-0.3, -0.25) is 0 Å². The van der Waals surface area contributed by atoms with E-state index in [0.29, 0.717) is 6.42 Å². The van der Waals surface area contributed by atoms with Crippen LogP contribution < -0.4 is 0 Å². The fourth-order valence-electron chi connectivity index (χ4n) is 2.04. The number of aromatic nitrogens is 3. The highest BCUT2D eigenvalue weighted by Crippen LogP contribution is 2.14. The number of rotatable bonds is 4. The molecular weight excluding hydrogens is 258 g/mol. The predicted molar refractivity (Wildman–Crippen MR) is 84.4 cm³/mol. The molecule has 0 atom stereocenters. The van der Waals surface area contributed by atoms with Crippen LogP contribution in [0.3, 0.4) is 0 Å². The van der Waals surface area contributed by atoms with E-state index in [2.05, 4.69) is 39.5 Å². The molecule has 21 heavy (non-hydrogen) atoms. The molecule has 0 bridgehead atoms. The average molecular weight is 273 g/mol. The van der Waals surface area contributed by atoms with E-state index >= 15 is 0 Å². The highest BCUT2D eigenvalue weighted by Gasteiger charge is 2.01. The summed E-state index contributed by atoms with van der Waals surface area (Å²) in [4.78, 5) is 4.55.